The summed E-state index contributed by atoms with van der Waals surface area (Å²) in [4.78, 5) is 28.7. The average Bonchev–Trinajstić information content (AvgIpc) is 3.19. The Balaban J connectivity index is 0.00000176. The molecule has 1 N–H and O–H groups in total. The molecule has 1 atom stereocenters. The lowest BCUT2D eigenvalue weighted by molar-refractivity contribution is -0.128. The normalized spacial score (nSPS) is 20.5. The van der Waals surface area contributed by atoms with Crippen molar-refractivity contribution in [3.8, 4) is 0 Å². The van der Waals surface area contributed by atoms with Crippen molar-refractivity contribution in [2.75, 3.05) is 19.6 Å². The van der Waals surface area contributed by atoms with Gasteiger partial charge in [-0.05, 0) is 43.7 Å². The van der Waals surface area contributed by atoms with Gasteiger partial charge in [0.15, 0.2) is 0 Å². The molecule has 5 nitrogen and oxygen atoms in total. The first-order valence-electron chi connectivity index (χ1n) is 7.62. The van der Waals surface area contributed by atoms with Crippen LogP contribution in [0.4, 0.5) is 4.79 Å². The van der Waals surface area contributed by atoms with Gasteiger partial charge < -0.3 is 10.2 Å². The molecule has 0 saturated carbocycles. The first-order chi connectivity index (χ1) is 10.3. The summed E-state index contributed by atoms with van der Waals surface area (Å²) in [5.41, 5.74) is 0. The number of halogens is 1. The Hall–Kier alpha value is -1.11. The fourth-order valence-electron chi connectivity index (χ4n) is 3.03. The number of unbranched alkanes of at least 4 members (excludes halogenated alkanes) is 1. The van der Waals surface area contributed by atoms with Crippen molar-refractivity contribution in [2.45, 2.75) is 38.3 Å². The Morgan fingerprint density at radius 3 is 2.91 bits per heavy atom. The Kier molecular flexibility index (Phi) is 6.23. The standard InChI is InChI=1S/C15H21N3O2S.ClH/c19-14-13-6-3-9-17(13)15(20)18(14)8-2-1-7-16-11-12-5-4-10-21-12;/h4-5,10,13,16H,1-3,6-9,11H2;1H. The number of carbonyl (C=O) groups excluding carboxylic acids is 2. The highest BCUT2D eigenvalue weighted by Gasteiger charge is 2.46. The number of nitrogens with one attached hydrogen (secondary N) is 1. The third kappa shape index (κ3) is 3.62. The van der Waals surface area contributed by atoms with E-state index in [0.29, 0.717) is 6.54 Å². The van der Waals surface area contributed by atoms with E-state index in [1.54, 1.807) is 16.2 Å². The quantitative estimate of drug-likeness (QED) is 0.611. The van der Waals surface area contributed by atoms with Crippen LogP contribution in [0.25, 0.3) is 0 Å². The monoisotopic (exact) mass is 343 g/mol. The van der Waals surface area contributed by atoms with E-state index in [1.165, 1.54) is 9.78 Å². The van der Waals surface area contributed by atoms with Crippen LogP contribution in [0.3, 0.4) is 0 Å². The van der Waals surface area contributed by atoms with E-state index < -0.39 is 0 Å². The predicted octanol–water partition coefficient (Wildman–Crippen LogP) is 2.47. The molecule has 2 fully saturated rings. The van der Waals surface area contributed by atoms with Crippen LogP contribution < -0.4 is 5.32 Å². The van der Waals surface area contributed by atoms with Crippen LogP contribution in [0, 0.1) is 0 Å². The van der Waals surface area contributed by atoms with Crippen molar-refractivity contribution in [1.82, 2.24) is 15.1 Å². The first kappa shape index (κ1) is 17.2. The van der Waals surface area contributed by atoms with Crippen molar-refractivity contribution in [3.63, 3.8) is 0 Å². The van der Waals surface area contributed by atoms with Gasteiger partial charge in [0.1, 0.15) is 6.04 Å². The van der Waals surface area contributed by atoms with Crippen molar-refractivity contribution in [2.24, 2.45) is 0 Å². The minimum absolute atomic E-state index is 0. The molecule has 122 valence electrons. The predicted molar refractivity (Wildman–Crippen MR) is 89.3 cm³/mol. The van der Waals surface area contributed by atoms with E-state index in [9.17, 15) is 9.59 Å². The van der Waals surface area contributed by atoms with Crippen LogP contribution in [-0.4, -0.2) is 47.4 Å². The molecule has 1 aromatic rings. The van der Waals surface area contributed by atoms with Crippen molar-refractivity contribution >= 4 is 35.7 Å². The second kappa shape index (κ2) is 7.94. The molecule has 7 heteroatoms. The molecule has 3 heterocycles. The summed E-state index contributed by atoms with van der Waals surface area (Å²) in [6, 6.07) is 3.94. The molecule has 22 heavy (non-hydrogen) atoms. The molecule has 2 saturated heterocycles. The second-order valence-corrected chi connectivity index (χ2v) is 6.62. The highest BCUT2D eigenvalue weighted by molar-refractivity contribution is 7.09. The topological polar surface area (TPSA) is 52.7 Å². The summed E-state index contributed by atoms with van der Waals surface area (Å²) in [5.74, 6) is 0.0176. The van der Waals surface area contributed by atoms with Crippen molar-refractivity contribution in [1.29, 1.82) is 0 Å². The zero-order valence-corrected chi connectivity index (χ0v) is 14.1. The lowest BCUT2D eigenvalue weighted by Gasteiger charge is -2.15. The number of nitrogens with zero attached hydrogens (tertiary/aromatic N) is 2. The minimum Gasteiger partial charge on any atom is -0.312 e. The highest BCUT2D eigenvalue weighted by atomic mass is 35.5. The third-order valence-corrected chi connectivity index (χ3v) is 5.02. The number of imide groups is 1. The maximum absolute atomic E-state index is 12.1. The summed E-state index contributed by atoms with van der Waals surface area (Å²) in [7, 11) is 0. The molecule has 2 aliphatic rings. The van der Waals surface area contributed by atoms with E-state index in [-0.39, 0.29) is 30.4 Å². The Labute approximate surface area is 141 Å². The molecular weight excluding hydrogens is 322 g/mol. The Bertz CT molecular complexity index is 487. The number of hydrogen-bond acceptors (Lipinski definition) is 4. The van der Waals surface area contributed by atoms with Gasteiger partial charge in [-0.25, -0.2) is 4.79 Å². The lowest BCUT2D eigenvalue weighted by atomic mass is 10.2. The summed E-state index contributed by atoms with van der Waals surface area (Å²) in [6.07, 6.45) is 3.65. The smallest absolute Gasteiger partial charge is 0.312 e. The molecule has 1 unspecified atom stereocenters. The van der Waals surface area contributed by atoms with E-state index in [4.69, 9.17) is 0 Å². The number of hydrogen-bond donors (Lipinski definition) is 1. The van der Waals surface area contributed by atoms with Crippen LogP contribution >= 0.6 is 23.7 Å². The number of thiophene rings is 1. The van der Waals surface area contributed by atoms with E-state index in [1.807, 2.05) is 0 Å². The van der Waals surface area contributed by atoms with Crippen molar-refractivity contribution in [3.05, 3.63) is 22.4 Å². The maximum Gasteiger partial charge on any atom is 0.327 e. The van der Waals surface area contributed by atoms with Crippen LogP contribution in [0.2, 0.25) is 0 Å². The summed E-state index contributed by atoms with van der Waals surface area (Å²) >= 11 is 1.75. The summed E-state index contributed by atoms with van der Waals surface area (Å²) < 4.78 is 0. The molecule has 1 aromatic heterocycles. The number of fused-ring (bicyclic) bond motifs is 1. The lowest BCUT2D eigenvalue weighted by Crippen LogP contribution is -2.34. The van der Waals surface area contributed by atoms with Gasteiger partial charge in [0.2, 0.25) is 0 Å². The van der Waals surface area contributed by atoms with Gasteiger partial charge in [-0.3, -0.25) is 9.69 Å². The molecule has 0 bridgehead atoms. The van der Waals surface area contributed by atoms with Gasteiger partial charge in [-0.2, -0.15) is 0 Å². The molecular formula is C15H22ClN3O2S. The molecule has 3 rings (SSSR count). The SMILES string of the molecule is Cl.O=C1C2CCCN2C(=O)N1CCCCNCc1cccs1. The summed E-state index contributed by atoms with van der Waals surface area (Å²) in [5, 5.41) is 5.46. The first-order valence-corrected chi connectivity index (χ1v) is 8.50. The highest BCUT2D eigenvalue weighted by Crippen LogP contribution is 2.27. The van der Waals surface area contributed by atoms with Crippen molar-refractivity contribution < 1.29 is 9.59 Å². The van der Waals surface area contributed by atoms with E-state index in [2.05, 4.69) is 22.8 Å². The van der Waals surface area contributed by atoms with E-state index >= 15 is 0 Å². The van der Waals surface area contributed by atoms with Gasteiger partial charge in [0.25, 0.3) is 5.91 Å². The van der Waals surface area contributed by atoms with Crippen LogP contribution in [-0.2, 0) is 11.3 Å². The maximum atomic E-state index is 12.1. The van der Waals surface area contributed by atoms with Gasteiger partial charge >= 0.3 is 6.03 Å². The van der Waals surface area contributed by atoms with Crippen LogP contribution in [0.15, 0.2) is 17.5 Å². The average molecular weight is 344 g/mol. The van der Waals surface area contributed by atoms with Gasteiger partial charge in [-0.15, -0.1) is 23.7 Å². The number of carbonyl (C=O) groups is 2. The zero-order valence-electron chi connectivity index (χ0n) is 12.5. The largest absolute Gasteiger partial charge is 0.327 e. The molecule has 0 spiro atoms. The third-order valence-electron chi connectivity index (χ3n) is 4.15. The number of amides is 3. The van der Waals surface area contributed by atoms with Gasteiger partial charge in [0, 0.05) is 24.5 Å². The number of urea groups is 1. The van der Waals surface area contributed by atoms with Gasteiger partial charge in [-0.1, -0.05) is 6.07 Å². The van der Waals surface area contributed by atoms with Crippen LogP contribution in [0.5, 0.6) is 0 Å². The molecule has 2 aliphatic heterocycles. The molecule has 0 radical (unpaired) electrons. The number of rotatable bonds is 7. The molecule has 0 aromatic carbocycles. The van der Waals surface area contributed by atoms with E-state index in [0.717, 1.165) is 45.3 Å². The Morgan fingerprint density at radius 2 is 2.18 bits per heavy atom. The second-order valence-electron chi connectivity index (χ2n) is 5.59. The fraction of sp³-hybridized carbons (Fsp3) is 0.600. The zero-order chi connectivity index (χ0) is 14.7. The fourth-order valence-corrected chi connectivity index (χ4v) is 3.71. The van der Waals surface area contributed by atoms with Crippen LogP contribution in [0.1, 0.15) is 30.6 Å². The molecule has 3 amide bonds. The summed E-state index contributed by atoms with van der Waals surface area (Å²) in [6.45, 7) is 3.12. The Morgan fingerprint density at radius 1 is 1.32 bits per heavy atom. The molecule has 0 aliphatic carbocycles. The minimum atomic E-state index is -0.158. The van der Waals surface area contributed by atoms with Gasteiger partial charge in [0.05, 0.1) is 0 Å².